The molecule has 0 unspecified atom stereocenters. The van der Waals surface area contributed by atoms with E-state index in [1.807, 2.05) is 12.1 Å². The second-order valence-electron chi connectivity index (χ2n) is 2.70. The van der Waals surface area contributed by atoms with Gasteiger partial charge in [0.25, 0.3) is 0 Å². The summed E-state index contributed by atoms with van der Waals surface area (Å²) in [6.07, 6.45) is 4.80. The molecule has 2 aromatic heterocycles. The Morgan fingerprint density at radius 1 is 1.14 bits per heavy atom. The Hall–Kier alpha value is -2.17. The average Bonchev–Trinajstić information content (AvgIpc) is 2.19. The van der Waals surface area contributed by atoms with Gasteiger partial charge in [0.05, 0.1) is 18.1 Å². The van der Waals surface area contributed by atoms with Crippen molar-refractivity contribution in [1.29, 1.82) is 0 Å². The smallest absolute Gasteiger partial charge is 0.132 e. The highest BCUT2D eigenvalue weighted by molar-refractivity contribution is 5.55. The summed E-state index contributed by atoms with van der Waals surface area (Å²) in [4.78, 5) is 11.8. The highest BCUT2D eigenvalue weighted by atomic mass is 15.0. The number of nitrogen functional groups attached to an aromatic ring is 1. The van der Waals surface area contributed by atoms with E-state index in [0.29, 0.717) is 11.6 Å². The molecule has 5 nitrogen and oxygen atoms in total. The number of aromatic nitrogens is 3. The van der Waals surface area contributed by atoms with Gasteiger partial charge in [0, 0.05) is 0 Å². The monoisotopic (exact) mass is 187 g/mol. The molecule has 14 heavy (non-hydrogen) atoms. The summed E-state index contributed by atoms with van der Waals surface area (Å²) in [6, 6.07) is 5.38. The van der Waals surface area contributed by atoms with Gasteiger partial charge in [-0.25, -0.2) is 15.0 Å². The van der Waals surface area contributed by atoms with Crippen LogP contribution in [0, 0.1) is 0 Å². The minimum Gasteiger partial charge on any atom is -0.384 e. The SMILES string of the molecule is Nc1cccc(Nc2cncnc2)n1. The Labute approximate surface area is 81.0 Å². The summed E-state index contributed by atoms with van der Waals surface area (Å²) < 4.78 is 0. The van der Waals surface area contributed by atoms with E-state index in [1.165, 1.54) is 6.33 Å². The molecule has 3 N–H and O–H groups in total. The van der Waals surface area contributed by atoms with Gasteiger partial charge in [0.1, 0.15) is 18.0 Å². The fourth-order valence-electron chi connectivity index (χ4n) is 1.03. The molecule has 0 aliphatic heterocycles. The van der Waals surface area contributed by atoms with Crippen molar-refractivity contribution < 1.29 is 0 Å². The summed E-state index contributed by atoms with van der Waals surface area (Å²) in [5.74, 6) is 1.16. The third kappa shape index (κ3) is 1.95. The van der Waals surface area contributed by atoms with Crippen LogP contribution in [0.1, 0.15) is 0 Å². The van der Waals surface area contributed by atoms with Crippen molar-refractivity contribution in [2.75, 3.05) is 11.1 Å². The van der Waals surface area contributed by atoms with Crippen LogP contribution in [-0.2, 0) is 0 Å². The molecule has 0 radical (unpaired) electrons. The highest BCUT2D eigenvalue weighted by Crippen LogP contribution is 2.12. The van der Waals surface area contributed by atoms with Gasteiger partial charge in [-0.05, 0) is 12.1 Å². The van der Waals surface area contributed by atoms with Crippen molar-refractivity contribution in [3.63, 3.8) is 0 Å². The molecule has 0 fully saturated rings. The molecule has 0 atom stereocenters. The Balaban J connectivity index is 2.19. The summed E-state index contributed by atoms with van der Waals surface area (Å²) in [5, 5.41) is 3.03. The number of hydrogen-bond donors (Lipinski definition) is 2. The van der Waals surface area contributed by atoms with Crippen LogP contribution in [-0.4, -0.2) is 15.0 Å². The van der Waals surface area contributed by atoms with Crippen molar-refractivity contribution in [3.8, 4) is 0 Å². The van der Waals surface area contributed by atoms with Crippen LogP contribution in [0.15, 0.2) is 36.9 Å². The summed E-state index contributed by atoms with van der Waals surface area (Å²) in [5.41, 5.74) is 6.31. The molecule has 0 saturated carbocycles. The number of hydrogen-bond acceptors (Lipinski definition) is 5. The van der Waals surface area contributed by atoms with Gasteiger partial charge in [0.15, 0.2) is 0 Å². The third-order valence-electron chi connectivity index (χ3n) is 1.60. The quantitative estimate of drug-likeness (QED) is 0.738. The predicted octanol–water partition coefficient (Wildman–Crippen LogP) is 1.20. The van der Waals surface area contributed by atoms with Crippen LogP contribution < -0.4 is 11.1 Å². The Kier molecular flexibility index (Phi) is 2.22. The number of pyridine rings is 1. The minimum absolute atomic E-state index is 0.479. The molecule has 2 rings (SSSR count). The molecule has 0 aliphatic carbocycles. The summed E-state index contributed by atoms with van der Waals surface area (Å²) in [6.45, 7) is 0. The first-order valence-corrected chi connectivity index (χ1v) is 4.09. The average molecular weight is 187 g/mol. The maximum atomic E-state index is 5.53. The van der Waals surface area contributed by atoms with Crippen LogP contribution in [0.5, 0.6) is 0 Å². The van der Waals surface area contributed by atoms with Crippen molar-refractivity contribution >= 4 is 17.3 Å². The molecular formula is C9H9N5. The minimum atomic E-state index is 0.479. The summed E-state index contributed by atoms with van der Waals surface area (Å²) >= 11 is 0. The lowest BCUT2D eigenvalue weighted by molar-refractivity contribution is 1.16. The fourth-order valence-corrected chi connectivity index (χ4v) is 1.03. The molecular weight excluding hydrogens is 178 g/mol. The van der Waals surface area contributed by atoms with Crippen LogP contribution in [0.4, 0.5) is 17.3 Å². The maximum absolute atomic E-state index is 5.53. The zero-order valence-electron chi connectivity index (χ0n) is 7.38. The second kappa shape index (κ2) is 3.69. The zero-order valence-corrected chi connectivity index (χ0v) is 7.38. The summed E-state index contributed by atoms with van der Waals surface area (Å²) in [7, 11) is 0. The lowest BCUT2D eigenvalue weighted by Gasteiger charge is -2.03. The first-order chi connectivity index (χ1) is 6.84. The lowest BCUT2D eigenvalue weighted by Crippen LogP contribution is -1.97. The zero-order chi connectivity index (χ0) is 9.80. The van der Waals surface area contributed by atoms with Gasteiger partial charge >= 0.3 is 0 Å². The predicted molar refractivity (Wildman–Crippen MR) is 54.0 cm³/mol. The van der Waals surface area contributed by atoms with Gasteiger partial charge in [-0.1, -0.05) is 6.07 Å². The molecule has 0 aliphatic rings. The van der Waals surface area contributed by atoms with E-state index in [0.717, 1.165) is 5.69 Å². The van der Waals surface area contributed by atoms with Gasteiger partial charge in [-0.2, -0.15) is 0 Å². The van der Waals surface area contributed by atoms with E-state index in [4.69, 9.17) is 5.73 Å². The fraction of sp³-hybridized carbons (Fsp3) is 0. The highest BCUT2D eigenvalue weighted by Gasteiger charge is 1.95. The standard InChI is InChI=1S/C9H9N5/c10-8-2-1-3-9(14-8)13-7-4-11-6-12-5-7/h1-6H,(H3,10,13,14). The van der Waals surface area contributed by atoms with Gasteiger partial charge < -0.3 is 11.1 Å². The van der Waals surface area contributed by atoms with Crippen molar-refractivity contribution in [1.82, 2.24) is 15.0 Å². The Morgan fingerprint density at radius 2 is 1.93 bits per heavy atom. The number of nitrogens with one attached hydrogen (secondary N) is 1. The Bertz CT molecular complexity index is 415. The molecule has 5 heteroatoms. The number of nitrogens with zero attached hydrogens (tertiary/aromatic N) is 3. The molecule has 0 spiro atoms. The largest absolute Gasteiger partial charge is 0.384 e. The van der Waals surface area contributed by atoms with Crippen LogP contribution >= 0.6 is 0 Å². The number of nitrogens with two attached hydrogens (primary N) is 1. The number of anilines is 3. The molecule has 70 valence electrons. The number of rotatable bonds is 2. The maximum Gasteiger partial charge on any atom is 0.132 e. The molecule has 2 heterocycles. The topological polar surface area (TPSA) is 76.7 Å². The van der Waals surface area contributed by atoms with E-state index < -0.39 is 0 Å². The van der Waals surface area contributed by atoms with E-state index in [2.05, 4.69) is 20.3 Å². The van der Waals surface area contributed by atoms with Gasteiger partial charge in [0.2, 0.25) is 0 Å². The van der Waals surface area contributed by atoms with Gasteiger partial charge in [-0.3, -0.25) is 0 Å². The van der Waals surface area contributed by atoms with Crippen molar-refractivity contribution in [2.24, 2.45) is 0 Å². The Morgan fingerprint density at radius 3 is 2.64 bits per heavy atom. The molecule has 0 bridgehead atoms. The van der Waals surface area contributed by atoms with E-state index in [-0.39, 0.29) is 0 Å². The van der Waals surface area contributed by atoms with Crippen molar-refractivity contribution in [3.05, 3.63) is 36.9 Å². The second-order valence-corrected chi connectivity index (χ2v) is 2.70. The van der Waals surface area contributed by atoms with E-state index >= 15 is 0 Å². The van der Waals surface area contributed by atoms with E-state index in [9.17, 15) is 0 Å². The molecule has 0 saturated heterocycles. The molecule has 0 amide bonds. The van der Waals surface area contributed by atoms with Crippen LogP contribution in [0.3, 0.4) is 0 Å². The van der Waals surface area contributed by atoms with E-state index in [1.54, 1.807) is 18.5 Å². The first kappa shape index (κ1) is 8.43. The third-order valence-corrected chi connectivity index (χ3v) is 1.60. The first-order valence-electron chi connectivity index (χ1n) is 4.09. The van der Waals surface area contributed by atoms with Crippen LogP contribution in [0.25, 0.3) is 0 Å². The normalized spacial score (nSPS) is 9.71. The molecule has 0 aromatic carbocycles. The molecule has 2 aromatic rings. The lowest BCUT2D eigenvalue weighted by atomic mass is 10.4. The van der Waals surface area contributed by atoms with Crippen LogP contribution in [0.2, 0.25) is 0 Å². The van der Waals surface area contributed by atoms with Crippen molar-refractivity contribution in [2.45, 2.75) is 0 Å². The van der Waals surface area contributed by atoms with Gasteiger partial charge in [-0.15, -0.1) is 0 Å².